The van der Waals surface area contributed by atoms with E-state index in [0.717, 1.165) is 5.69 Å². The number of rotatable bonds is 4. The van der Waals surface area contributed by atoms with Gasteiger partial charge in [0.1, 0.15) is 0 Å². The summed E-state index contributed by atoms with van der Waals surface area (Å²) in [5.41, 5.74) is 4.85. The zero-order valence-corrected chi connectivity index (χ0v) is 13.8. The molecule has 0 saturated heterocycles. The lowest BCUT2D eigenvalue weighted by atomic mass is 10.0. The fourth-order valence-corrected chi connectivity index (χ4v) is 3.32. The first kappa shape index (κ1) is 14.2. The van der Waals surface area contributed by atoms with Crippen molar-refractivity contribution < 1.29 is 0 Å². The molecule has 4 aromatic rings. The van der Waals surface area contributed by atoms with Gasteiger partial charge in [-0.2, -0.15) is 0 Å². The van der Waals surface area contributed by atoms with Crippen molar-refractivity contribution in [3.8, 4) is 11.1 Å². The zero-order chi connectivity index (χ0) is 16.6. The van der Waals surface area contributed by atoms with E-state index in [1.165, 1.54) is 34.9 Å². The molecule has 0 amide bonds. The summed E-state index contributed by atoms with van der Waals surface area (Å²) in [5, 5.41) is 4.55. The first-order valence-corrected chi connectivity index (χ1v) is 8.62. The Morgan fingerprint density at radius 2 is 1.64 bits per heavy atom. The molecular weight excluding hydrogens is 308 g/mol. The van der Waals surface area contributed by atoms with Crippen molar-refractivity contribution in [2.45, 2.75) is 18.9 Å². The summed E-state index contributed by atoms with van der Waals surface area (Å²) in [5.74, 6) is 0.612. The average molecular weight is 326 g/mol. The van der Waals surface area contributed by atoms with Gasteiger partial charge in [0, 0.05) is 46.8 Å². The largest absolute Gasteiger partial charge is 0.344 e. The molecular formula is C21H18N4. The average Bonchev–Trinajstić information content (AvgIpc) is 3.44. The molecule has 5 rings (SSSR count). The van der Waals surface area contributed by atoms with Crippen molar-refractivity contribution in [1.82, 2.24) is 14.5 Å². The van der Waals surface area contributed by atoms with Gasteiger partial charge in [0.15, 0.2) is 0 Å². The lowest BCUT2D eigenvalue weighted by Gasteiger charge is -2.05. The second-order valence-electron chi connectivity index (χ2n) is 6.47. The molecule has 1 fully saturated rings. The van der Waals surface area contributed by atoms with Gasteiger partial charge >= 0.3 is 0 Å². The van der Waals surface area contributed by atoms with Crippen molar-refractivity contribution >= 4 is 22.5 Å². The Hall–Kier alpha value is -3.14. The minimum absolute atomic E-state index is 0.612. The summed E-state index contributed by atoms with van der Waals surface area (Å²) < 4.78 is 2.44. The molecule has 0 aliphatic heterocycles. The van der Waals surface area contributed by atoms with Crippen LogP contribution in [0.15, 0.2) is 73.2 Å². The number of anilines is 2. The molecule has 1 saturated carbocycles. The van der Waals surface area contributed by atoms with Crippen LogP contribution in [0.25, 0.3) is 22.0 Å². The number of hydrogen-bond acceptors (Lipinski definition) is 3. The van der Waals surface area contributed by atoms with E-state index in [9.17, 15) is 0 Å². The van der Waals surface area contributed by atoms with Crippen LogP contribution < -0.4 is 5.32 Å². The van der Waals surface area contributed by atoms with Gasteiger partial charge < -0.3 is 9.88 Å². The number of aromatic nitrogens is 3. The van der Waals surface area contributed by atoms with Gasteiger partial charge in [-0.15, -0.1) is 0 Å². The van der Waals surface area contributed by atoms with Crippen LogP contribution in [0.1, 0.15) is 18.9 Å². The molecule has 2 heterocycles. The standard InChI is InChI=1S/C21H18N4/c1-2-5-20-18(4-1)19(14-25(20)17-10-11-17)15-6-8-16(9-7-15)24-21-22-12-3-13-23-21/h1-9,12-14,17H,10-11H2,(H,22,23,24). The van der Waals surface area contributed by atoms with Gasteiger partial charge in [0.25, 0.3) is 0 Å². The van der Waals surface area contributed by atoms with Gasteiger partial charge in [-0.1, -0.05) is 30.3 Å². The zero-order valence-electron chi connectivity index (χ0n) is 13.8. The number of nitrogens with zero attached hydrogens (tertiary/aromatic N) is 3. The number of fused-ring (bicyclic) bond motifs is 1. The number of para-hydroxylation sites is 1. The molecule has 0 atom stereocenters. The third-order valence-electron chi connectivity index (χ3n) is 4.70. The van der Waals surface area contributed by atoms with Crippen molar-refractivity contribution in [2.24, 2.45) is 0 Å². The lowest BCUT2D eigenvalue weighted by molar-refractivity contribution is 0.776. The first-order valence-electron chi connectivity index (χ1n) is 8.62. The summed E-state index contributed by atoms with van der Waals surface area (Å²) in [6.07, 6.45) is 8.36. The smallest absolute Gasteiger partial charge is 0.227 e. The van der Waals surface area contributed by atoms with E-state index in [-0.39, 0.29) is 0 Å². The van der Waals surface area contributed by atoms with Crippen LogP contribution in [0.5, 0.6) is 0 Å². The van der Waals surface area contributed by atoms with E-state index in [0.29, 0.717) is 12.0 Å². The maximum Gasteiger partial charge on any atom is 0.227 e. The molecule has 0 spiro atoms. The van der Waals surface area contributed by atoms with Crippen molar-refractivity contribution in [2.75, 3.05) is 5.32 Å². The summed E-state index contributed by atoms with van der Waals surface area (Å²) in [4.78, 5) is 8.40. The highest BCUT2D eigenvalue weighted by molar-refractivity contribution is 5.96. The summed E-state index contributed by atoms with van der Waals surface area (Å²) in [7, 11) is 0. The molecule has 0 bridgehead atoms. The second-order valence-corrected chi connectivity index (χ2v) is 6.47. The molecule has 25 heavy (non-hydrogen) atoms. The Labute approximate surface area is 146 Å². The molecule has 4 heteroatoms. The molecule has 1 aliphatic rings. The molecule has 0 radical (unpaired) electrons. The van der Waals surface area contributed by atoms with Crippen LogP contribution in [-0.4, -0.2) is 14.5 Å². The van der Waals surface area contributed by atoms with E-state index in [1.807, 2.05) is 6.07 Å². The normalized spacial score (nSPS) is 13.9. The maximum atomic E-state index is 4.20. The predicted molar refractivity (Wildman–Crippen MR) is 101 cm³/mol. The van der Waals surface area contributed by atoms with Crippen LogP contribution in [0, 0.1) is 0 Å². The van der Waals surface area contributed by atoms with Crippen molar-refractivity contribution in [3.63, 3.8) is 0 Å². The monoisotopic (exact) mass is 326 g/mol. The first-order chi connectivity index (χ1) is 12.4. The van der Waals surface area contributed by atoms with E-state index in [4.69, 9.17) is 0 Å². The predicted octanol–water partition coefficient (Wildman–Crippen LogP) is 5.18. The summed E-state index contributed by atoms with van der Waals surface area (Å²) in [6, 6.07) is 19.6. The van der Waals surface area contributed by atoms with Gasteiger partial charge in [-0.05, 0) is 42.7 Å². The van der Waals surface area contributed by atoms with Crippen LogP contribution in [0.2, 0.25) is 0 Å². The summed E-state index contributed by atoms with van der Waals surface area (Å²) in [6.45, 7) is 0. The molecule has 1 N–H and O–H groups in total. The molecule has 0 unspecified atom stereocenters. The highest BCUT2D eigenvalue weighted by Crippen LogP contribution is 2.41. The Bertz CT molecular complexity index is 1010. The molecule has 2 aromatic carbocycles. The van der Waals surface area contributed by atoms with E-state index >= 15 is 0 Å². The molecule has 122 valence electrons. The van der Waals surface area contributed by atoms with Gasteiger partial charge in [0.2, 0.25) is 5.95 Å². The highest BCUT2D eigenvalue weighted by atomic mass is 15.1. The molecule has 2 aromatic heterocycles. The van der Waals surface area contributed by atoms with Crippen LogP contribution >= 0.6 is 0 Å². The number of benzene rings is 2. The third-order valence-corrected chi connectivity index (χ3v) is 4.70. The minimum Gasteiger partial charge on any atom is -0.344 e. The van der Waals surface area contributed by atoms with Crippen LogP contribution in [0.4, 0.5) is 11.6 Å². The Kier molecular flexibility index (Phi) is 3.27. The maximum absolute atomic E-state index is 4.20. The van der Waals surface area contributed by atoms with Crippen molar-refractivity contribution in [1.29, 1.82) is 0 Å². The minimum atomic E-state index is 0.612. The highest BCUT2D eigenvalue weighted by Gasteiger charge is 2.25. The molecule has 4 nitrogen and oxygen atoms in total. The van der Waals surface area contributed by atoms with Crippen LogP contribution in [-0.2, 0) is 0 Å². The Balaban J connectivity index is 1.50. The van der Waals surface area contributed by atoms with E-state index in [2.05, 4.69) is 74.6 Å². The third kappa shape index (κ3) is 2.66. The topological polar surface area (TPSA) is 42.7 Å². The lowest BCUT2D eigenvalue weighted by Crippen LogP contribution is -1.95. The van der Waals surface area contributed by atoms with E-state index < -0.39 is 0 Å². The van der Waals surface area contributed by atoms with Gasteiger partial charge in [-0.25, -0.2) is 9.97 Å². The molecule has 1 aliphatic carbocycles. The van der Waals surface area contributed by atoms with Gasteiger partial charge in [0.05, 0.1) is 0 Å². The SMILES string of the molecule is c1cnc(Nc2ccc(-c3cn(C4CC4)c4ccccc34)cc2)nc1. The van der Waals surface area contributed by atoms with Crippen molar-refractivity contribution in [3.05, 3.63) is 73.2 Å². The fraction of sp³-hybridized carbons (Fsp3) is 0.143. The van der Waals surface area contributed by atoms with Gasteiger partial charge in [-0.3, -0.25) is 0 Å². The Morgan fingerprint density at radius 3 is 2.40 bits per heavy atom. The van der Waals surface area contributed by atoms with Crippen LogP contribution in [0.3, 0.4) is 0 Å². The summed E-state index contributed by atoms with van der Waals surface area (Å²) >= 11 is 0. The number of nitrogens with one attached hydrogen (secondary N) is 1. The second kappa shape index (κ2) is 5.74. The van der Waals surface area contributed by atoms with E-state index in [1.54, 1.807) is 12.4 Å². The Morgan fingerprint density at radius 1 is 0.880 bits per heavy atom. The fourth-order valence-electron chi connectivity index (χ4n) is 3.32. The quantitative estimate of drug-likeness (QED) is 0.562. The number of hydrogen-bond donors (Lipinski definition) is 1.